The van der Waals surface area contributed by atoms with Crippen LogP contribution in [-0.2, 0) is 4.79 Å². The van der Waals surface area contributed by atoms with Crippen molar-refractivity contribution < 1.29 is 4.79 Å². The largest absolute Gasteiger partial charge is 0.383 e. The van der Waals surface area contributed by atoms with E-state index in [1.807, 2.05) is 37.3 Å². The second-order valence-electron chi connectivity index (χ2n) is 3.76. The average Bonchev–Trinajstić information content (AvgIpc) is 2.56. The summed E-state index contributed by atoms with van der Waals surface area (Å²) in [6.45, 7) is 0. The van der Waals surface area contributed by atoms with Gasteiger partial charge in [-0.15, -0.1) is 0 Å². The monoisotopic (exact) mass is 175 g/mol. The van der Waals surface area contributed by atoms with Gasteiger partial charge in [0.1, 0.15) is 0 Å². The number of carbonyl (C=O) groups excluding carboxylic acids is 1. The highest BCUT2D eigenvalue weighted by Crippen LogP contribution is 2.36. The van der Waals surface area contributed by atoms with Crippen LogP contribution in [0.25, 0.3) is 0 Å². The second kappa shape index (κ2) is 2.87. The molecule has 0 saturated heterocycles. The molecule has 2 heteroatoms. The molecule has 0 aromatic rings. The number of allylic oxidation sites excluding steroid dienone is 5. The molecule has 68 valence electrons. The van der Waals surface area contributed by atoms with Crippen LogP contribution in [0, 0.1) is 5.92 Å². The van der Waals surface area contributed by atoms with Gasteiger partial charge in [0.2, 0.25) is 0 Å². The summed E-state index contributed by atoms with van der Waals surface area (Å²) in [5.41, 5.74) is 1.90. The zero-order valence-electron chi connectivity index (χ0n) is 7.95. The molecule has 0 spiro atoms. The van der Waals surface area contributed by atoms with Gasteiger partial charge in [0.05, 0.1) is 0 Å². The van der Waals surface area contributed by atoms with Crippen LogP contribution in [0.3, 0.4) is 0 Å². The Hall–Kier alpha value is -1.31. The summed E-state index contributed by atoms with van der Waals surface area (Å²) in [5.74, 6) is 0.586. The van der Waals surface area contributed by atoms with Crippen LogP contribution in [0.5, 0.6) is 0 Å². The molecule has 0 bridgehead atoms. The van der Waals surface area contributed by atoms with E-state index in [0.29, 0.717) is 5.92 Å². The summed E-state index contributed by atoms with van der Waals surface area (Å²) in [5, 5.41) is 0. The SMILES string of the molecule is CN(C)/C=C1/CC2C=CC=C2C1=O. The van der Waals surface area contributed by atoms with Gasteiger partial charge in [-0.2, -0.15) is 0 Å². The fourth-order valence-electron chi connectivity index (χ4n) is 1.88. The molecule has 2 aliphatic rings. The quantitative estimate of drug-likeness (QED) is 0.563. The highest BCUT2D eigenvalue weighted by molar-refractivity contribution is 6.12. The minimum Gasteiger partial charge on any atom is -0.383 e. The minimum atomic E-state index is 0.226. The molecule has 1 fully saturated rings. The minimum absolute atomic E-state index is 0.226. The molecule has 0 heterocycles. The fraction of sp³-hybridized carbons (Fsp3) is 0.364. The number of nitrogens with zero attached hydrogens (tertiary/aromatic N) is 1. The van der Waals surface area contributed by atoms with E-state index in [9.17, 15) is 4.79 Å². The van der Waals surface area contributed by atoms with Gasteiger partial charge in [-0.05, 0) is 6.42 Å². The summed E-state index contributed by atoms with van der Waals surface area (Å²) in [7, 11) is 3.89. The third kappa shape index (κ3) is 1.32. The van der Waals surface area contributed by atoms with Gasteiger partial charge in [-0.1, -0.05) is 18.2 Å². The van der Waals surface area contributed by atoms with E-state index in [2.05, 4.69) is 6.08 Å². The summed E-state index contributed by atoms with van der Waals surface area (Å²) in [4.78, 5) is 13.6. The number of carbonyl (C=O) groups is 1. The molecule has 1 unspecified atom stereocenters. The lowest BCUT2D eigenvalue weighted by molar-refractivity contribution is -0.111. The number of ketones is 1. The molecular weight excluding hydrogens is 162 g/mol. The molecule has 0 aliphatic heterocycles. The molecule has 1 saturated carbocycles. The first-order valence-corrected chi connectivity index (χ1v) is 4.48. The van der Waals surface area contributed by atoms with Gasteiger partial charge in [0.15, 0.2) is 5.78 Å². The number of Topliss-reactive ketones (excluding diaryl/α,β-unsaturated/α-hetero) is 1. The molecule has 0 N–H and O–H groups in total. The Morgan fingerprint density at radius 3 is 2.92 bits per heavy atom. The van der Waals surface area contributed by atoms with E-state index in [4.69, 9.17) is 0 Å². The van der Waals surface area contributed by atoms with E-state index in [1.165, 1.54) is 0 Å². The molecule has 2 aliphatic carbocycles. The van der Waals surface area contributed by atoms with Gasteiger partial charge in [-0.25, -0.2) is 0 Å². The van der Waals surface area contributed by atoms with Crippen LogP contribution < -0.4 is 0 Å². The van der Waals surface area contributed by atoms with E-state index < -0.39 is 0 Å². The molecule has 0 radical (unpaired) electrons. The first-order chi connectivity index (χ1) is 6.18. The van der Waals surface area contributed by atoms with Crippen LogP contribution in [0.2, 0.25) is 0 Å². The van der Waals surface area contributed by atoms with Gasteiger partial charge in [0, 0.05) is 37.4 Å². The van der Waals surface area contributed by atoms with Crippen LogP contribution in [0.4, 0.5) is 0 Å². The summed E-state index contributed by atoms with van der Waals surface area (Å²) in [6.07, 6.45) is 8.81. The normalized spacial score (nSPS) is 28.2. The van der Waals surface area contributed by atoms with Crippen LogP contribution in [0.1, 0.15) is 6.42 Å². The van der Waals surface area contributed by atoms with Crippen molar-refractivity contribution >= 4 is 5.78 Å². The summed E-state index contributed by atoms with van der Waals surface area (Å²) >= 11 is 0. The Kier molecular flexibility index (Phi) is 1.83. The molecule has 13 heavy (non-hydrogen) atoms. The van der Waals surface area contributed by atoms with Crippen LogP contribution in [0.15, 0.2) is 35.6 Å². The van der Waals surface area contributed by atoms with E-state index in [1.54, 1.807) is 0 Å². The smallest absolute Gasteiger partial charge is 0.187 e. The molecule has 2 nitrogen and oxygen atoms in total. The molecule has 0 amide bonds. The maximum absolute atomic E-state index is 11.7. The third-order valence-corrected chi connectivity index (χ3v) is 2.43. The van der Waals surface area contributed by atoms with Crippen molar-refractivity contribution in [2.24, 2.45) is 5.92 Å². The van der Waals surface area contributed by atoms with Crippen molar-refractivity contribution in [2.75, 3.05) is 14.1 Å². The first kappa shape index (κ1) is 8.30. The van der Waals surface area contributed by atoms with Gasteiger partial charge in [-0.3, -0.25) is 4.79 Å². The zero-order chi connectivity index (χ0) is 9.42. The van der Waals surface area contributed by atoms with Crippen molar-refractivity contribution in [3.8, 4) is 0 Å². The average molecular weight is 175 g/mol. The number of fused-ring (bicyclic) bond motifs is 1. The maximum Gasteiger partial charge on any atom is 0.187 e. The Morgan fingerprint density at radius 1 is 1.54 bits per heavy atom. The maximum atomic E-state index is 11.7. The first-order valence-electron chi connectivity index (χ1n) is 4.48. The lowest BCUT2D eigenvalue weighted by atomic mass is 10.1. The van der Waals surface area contributed by atoms with Crippen molar-refractivity contribution in [1.29, 1.82) is 0 Å². The Bertz CT molecular complexity index is 334. The zero-order valence-corrected chi connectivity index (χ0v) is 7.95. The van der Waals surface area contributed by atoms with Gasteiger partial charge < -0.3 is 4.90 Å². The summed E-state index contributed by atoms with van der Waals surface area (Å²) in [6, 6.07) is 0. The molecule has 0 aromatic carbocycles. The summed E-state index contributed by atoms with van der Waals surface area (Å²) < 4.78 is 0. The van der Waals surface area contributed by atoms with Crippen molar-refractivity contribution in [2.45, 2.75) is 6.42 Å². The lowest BCUT2D eigenvalue weighted by Crippen LogP contribution is -2.05. The van der Waals surface area contributed by atoms with E-state index in [0.717, 1.165) is 17.6 Å². The van der Waals surface area contributed by atoms with Crippen molar-refractivity contribution in [1.82, 2.24) is 4.90 Å². The van der Waals surface area contributed by atoms with Gasteiger partial charge in [0.25, 0.3) is 0 Å². The van der Waals surface area contributed by atoms with E-state index >= 15 is 0 Å². The fourth-order valence-corrected chi connectivity index (χ4v) is 1.88. The van der Waals surface area contributed by atoms with Crippen LogP contribution in [-0.4, -0.2) is 24.8 Å². The Balaban J connectivity index is 2.26. The Labute approximate surface area is 78.2 Å². The lowest BCUT2D eigenvalue weighted by Gasteiger charge is -2.05. The van der Waals surface area contributed by atoms with Crippen molar-refractivity contribution in [3.05, 3.63) is 35.6 Å². The predicted octanol–water partition coefficient (Wildman–Crippen LogP) is 1.52. The molecule has 1 atom stereocenters. The van der Waals surface area contributed by atoms with E-state index in [-0.39, 0.29) is 5.78 Å². The topological polar surface area (TPSA) is 20.3 Å². The highest BCUT2D eigenvalue weighted by Gasteiger charge is 2.32. The standard InChI is InChI=1S/C11H13NO/c1-12(2)7-9-6-8-4-3-5-10(8)11(9)13/h3-5,7-8H,6H2,1-2H3/b9-7-. The highest BCUT2D eigenvalue weighted by atomic mass is 16.1. The predicted molar refractivity (Wildman–Crippen MR) is 52.1 cm³/mol. The van der Waals surface area contributed by atoms with Crippen LogP contribution >= 0.6 is 0 Å². The Morgan fingerprint density at radius 2 is 2.31 bits per heavy atom. The number of rotatable bonds is 1. The molecule has 2 rings (SSSR count). The number of hydrogen-bond acceptors (Lipinski definition) is 2. The second-order valence-corrected chi connectivity index (χ2v) is 3.76. The van der Waals surface area contributed by atoms with Gasteiger partial charge >= 0.3 is 0 Å². The number of hydrogen-bond donors (Lipinski definition) is 0. The molecule has 0 aromatic heterocycles. The van der Waals surface area contributed by atoms with Crippen molar-refractivity contribution in [3.63, 3.8) is 0 Å². The third-order valence-electron chi connectivity index (χ3n) is 2.43. The molecular formula is C11H13NO.